The third-order valence-electron chi connectivity index (χ3n) is 3.83. The van der Waals surface area contributed by atoms with Gasteiger partial charge in [0.15, 0.2) is 0 Å². The van der Waals surface area contributed by atoms with Crippen molar-refractivity contribution in [3.8, 4) is 23.3 Å². The highest BCUT2D eigenvalue weighted by atomic mass is 16.6. The van der Waals surface area contributed by atoms with Gasteiger partial charge in [0.05, 0.1) is 11.1 Å². The van der Waals surface area contributed by atoms with Gasteiger partial charge in [0, 0.05) is 11.1 Å². The first kappa shape index (κ1) is 15.7. The highest BCUT2D eigenvalue weighted by Gasteiger charge is 2.29. The molecular weight excluding hydrogens is 328 g/mol. The van der Waals surface area contributed by atoms with Crippen LogP contribution in [-0.4, -0.2) is 11.9 Å². The molecule has 4 nitrogen and oxygen atoms in total. The van der Waals surface area contributed by atoms with E-state index < -0.39 is 11.9 Å². The number of hydrogen-bond donors (Lipinski definition) is 0. The average Bonchev–Trinajstić information content (AvgIpc) is 2.95. The zero-order chi connectivity index (χ0) is 17.9. The van der Waals surface area contributed by atoms with E-state index in [1.165, 1.54) is 12.1 Å². The van der Waals surface area contributed by atoms with Gasteiger partial charge in [-0.1, -0.05) is 30.0 Å². The SMILES string of the molecule is O=C1OC(=O)c2cc(Oc3ccc(C#Cc4ccccc4)cc3)ccc21. The van der Waals surface area contributed by atoms with Crippen LogP contribution >= 0.6 is 0 Å². The van der Waals surface area contributed by atoms with Crippen LogP contribution in [0, 0.1) is 11.8 Å². The van der Waals surface area contributed by atoms with Crippen LogP contribution in [0.15, 0.2) is 72.8 Å². The van der Waals surface area contributed by atoms with E-state index in [0.29, 0.717) is 11.5 Å². The fourth-order valence-corrected chi connectivity index (χ4v) is 2.54. The molecule has 4 rings (SSSR count). The summed E-state index contributed by atoms with van der Waals surface area (Å²) in [4.78, 5) is 23.1. The molecule has 0 unspecified atom stereocenters. The van der Waals surface area contributed by atoms with E-state index in [0.717, 1.165) is 11.1 Å². The zero-order valence-corrected chi connectivity index (χ0v) is 13.6. The summed E-state index contributed by atoms with van der Waals surface area (Å²) in [6.07, 6.45) is 0. The van der Waals surface area contributed by atoms with Crippen molar-refractivity contribution >= 4 is 11.9 Å². The third-order valence-corrected chi connectivity index (χ3v) is 3.83. The lowest BCUT2D eigenvalue weighted by atomic mass is 10.1. The van der Waals surface area contributed by atoms with E-state index in [1.54, 1.807) is 18.2 Å². The normalized spacial score (nSPS) is 12.0. The minimum Gasteiger partial charge on any atom is -0.457 e. The van der Waals surface area contributed by atoms with Gasteiger partial charge < -0.3 is 9.47 Å². The quantitative estimate of drug-likeness (QED) is 0.399. The van der Waals surface area contributed by atoms with E-state index >= 15 is 0 Å². The molecule has 0 fully saturated rings. The molecule has 0 aliphatic carbocycles. The molecule has 0 atom stereocenters. The number of rotatable bonds is 2. The number of carbonyl (C=O) groups is 2. The minimum absolute atomic E-state index is 0.220. The summed E-state index contributed by atoms with van der Waals surface area (Å²) in [5, 5.41) is 0. The predicted octanol–water partition coefficient (Wildman–Crippen LogP) is 4.19. The molecular formula is C22H12O4. The molecule has 0 N–H and O–H groups in total. The van der Waals surface area contributed by atoms with Gasteiger partial charge in [0.1, 0.15) is 11.5 Å². The summed E-state index contributed by atoms with van der Waals surface area (Å²) in [6.45, 7) is 0. The Labute approximate surface area is 150 Å². The molecule has 1 aliphatic rings. The van der Waals surface area contributed by atoms with Gasteiger partial charge in [0.2, 0.25) is 0 Å². The molecule has 1 aliphatic heterocycles. The number of carbonyl (C=O) groups excluding carboxylic acids is 2. The average molecular weight is 340 g/mol. The van der Waals surface area contributed by atoms with Crippen LogP contribution in [0.25, 0.3) is 0 Å². The summed E-state index contributed by atoms with van der Waals surface area (Å²) < 4.78 is 10.3. The van der Waals surface area contributed by atoms with Crippen molar-refractivity contribution in [1.29, 1.82) is 0 Å². The maximum absolute atomic E-state index is 11.6. The number of cyclic esters (lactones) is 2. The van der Waals surface area contributed by atoms with E-state index in [4.69, 9.17) is 4.74 Å². The van der Waals surface area contributed by atoms with E-state index in [-0.39, 0.29) is 11.1 Å². The van der Waals surface area contributed by atoms with Gasteiger partial charge >= 0.3 is 11.9 Å². The molecule has 0 bridgehead atoms. The maximum Gasteiger partial charge on any atom is 0.347 e. The van der Waals surface area contributed by atoms with Crippen LogP contribution < -0.4 is 4.74 Å². The minimum atomic E-state index is -0.651. The molecule has 0 radical (unpaired) electrons. The molecule has 1 heterocycles. The van der Waals surface area contributed by atoms with Crippen molar-refractivity contribution in [2.75, 3.05) is 0 Å². The smallest absolute Gasteiger partial charge is 0.347 e. The number of fused-ring (bicyclic) bond motifs is 1. The Morgan fingerprint density at radius 2 is 1.27 bits per heavy atom. The number of hydrogen-bond acceptors (Lipinski definition) is 4. The topological polar surface area (TPSA) is 52.6 Å². The van der Waals surface area contributed by atoms with E-state index in [1.807, 2.05) is 42.5 Å². The summed E-state index contributed by atoms with van der Waals surface area (Å²) in [5.41, 5.74) is 2.29. The molecule has 4 heteroatoms. The maximum atomic E-state index is 11.6. The largest absolute Gasteiger partial charge is 0.457 e. The lowest BCUT2D eigenvalue weighted by molar-refractivity contribution is 0.0443. The standard InChI is InChI=1S/C22H12O4/c23-21-19-13-12-18(14-20(19)22(24)26-21)25-17-10-8-16(9-11-17)7-6-15-4-2-1-3-5-15/h1-5,8-14H. The first-order valence-electron chi connectivity index (χ1n) is 7.94. The van der Waals surface area contributed by atoms with Gasteiger partial charge in [-0.15, -0.1) is 0 Å². The van der Waals surface area contributed by atoms with Gasteiger partial charge in [-0.3, -0.25) is 0 Å². The molecule has 0 saturated heterocycles. The van der Waals surface area contributed by atoms with Gasteiger partial charge in [-0.25, -0.2) is 9.59 Å². The molecule has 3 aromatic rings. The van der Waals surface area contributed by atoms with E-state index in [9.17, 15) is 9.59 Å². The highest BCUT2D eigenvalue weighted by molar-refractivity contribution is 6.14. The highest BCUT2D eigenvalue weighted by Crippen LogP contribution is 2.28. The zero-order valence-electron chi connectivity index (χ0n) is 13.6. The Kier molecular flexibility index (Phi) is 3.97. The van der Waals surface area contributed by atoms with Crippen molar-refractivity contribution < 1.29 is 19.1 Å². The summed E-state index contributed by atoms with van der Waals surface area (Å²) in [7, 11) is 0. The van der Waals surface area contributed by atoms with Crippen molar-refractivity contribution in [1.82, 2.24) is 0 Å². The van der Waals surface area contributed by atoms with Crippen molar-refractivity contribution in [3.05, 3.63) is 95.1 Å². The number of esters is 2. The van der Waals surface area contributed by atoms with Crippen LogP contribution in [0.1, 0.15) is 31.8 Å². The van der Waals surface area contributed by atoms with Crippen molar-refractivity contribution in [2.24, 2.45) is 0 Å². The Morgan fingerprint density at radius 3 is 2.00 bits per heavy atom. The summed E-state index contributed by atoms with van der Waals surface area (Å²) in [5.74, 6) is 5.97. The predicted molar refractivity (Wildman–Crippen MR) is 95.1 cm³/mol. The van der Waals surface area contributed by atoms with Crippen LogP contribution in [0.3, 0.4) is 0 Å². The first-order chi connectivity index (χ1) is 12.7. The Morgan fingerprint density at radius 1 is 0.654 bits per heavy atom. The monoisotopic (exact) mass is 340 g/mol. The Balaban J connectivity index is 1.50. The van der Waals surface area contributed by atoms with Crippen molar-refractivity contribution in [2.45, 2.75) is 0 Å². The fraction of sp³-hybridized carbons (Fsp3) is 0. The number of ether oxygens (including phenoxy) is 2. The van der Waals surface area contributed by atoms with Crippen LogP contribution in [0.5, 0.6) is 11.5 Å². The Bertz CT molecular complexity index is 1050. The van der Waals surface area contributed by atoms with Gasteiger partial charge in [-0.2, -0.15) is 0 Å². The second kappa shape index (κ2) is 6.58. The third kappa shape index (κ3) is 3.19. The molecule has 0 aromatic heterocycles. The molecule has 0 spiro atoms. The summed E-state index contributed by atoms with van der Waals surface area (Å²) in [6, 6.07) is 21.7. The second-order valence-corrected chi connectivity index (χ2v) is 5.63. The Hall–Kier alpha value is -3.84. The number of benzene rings is 3. The van der Waals surface area contributed by atoms with Crippen LogP contribution in [0.4, 0.5) is 0 Å². The molecule has 0 amide bonds. The summed E-state index contributed by atoms with van der Waals surface area (Å²) >= 11 is 0. The van der Waals surface area contributed by atoms with Crippen LogP contribution in [-0.2, 0) is 4.74 Å². The molecule has 124 valence electrons. The first-order valence-corrected chi connectivity index (χ1v) is 7.94. The molecule has 0 saturated carbocycles. The van der Waals surface area contributed by atoms with E-state index in [2.05, 4.69) is 16.6 Å². The van der Waals surface area contributed by atoms with Crippen molar-refractivity contribution in [3.63, 3.8) is 0 Å². The lowest BCUT2D eigenvalue weighted by Gasteiger charge is -2.06. The van der Waals surface area contributed by atoms with Crippen LogP contribution in [0.2, 0.25) is 0 Å². The second-order valence-electron chi connectivity index (χ2n) is 5.63. The molecule has 26 heavy (non-hydrogen) atoms. The molecule has 3 aromatic carbocycles. The fourth-order valence-electron chi connectivity index (χ4n) is 2.54. The van der Waals surface area contributed by atoms with Gasteiger partial charge in [-0.05, 0) is 54.6 Å². The van der Waals surface area contributed by atoms with Gasteiger partial charge in [0.25, 0.3) is 0 Å². The lowest BCUT2D eigenvalue weighted by Crippen LogP contribution is -1.96.